The highest BCUT2D eigenvalue weighted by Gasteiger charge is 2.58. The molecule has 142 valence electrons. The fourth-order valence-electron chi connectivity index (χ4n) is 4.38. The average Bonchev–Trinajstić information content (AvgIpc) is 3.21. The van der Waals surface area contributed by atoms with E-state index in [-0.39, 0.29) is 16.7 Å². The molecular weight excluding hydrogens is 343 g/mol. The largest absolute Gasteiger partial charge is 0.398 e. The normalized spacial score (nSPS) is 22.4. The van der Waals surface area contributed by atoms with Crippen molar-refractivity contribution >= 4 is 17.4 Å². The molecule has 0 radical (unpaired) electrons. The summed E-state index contributed by atoms with van der Waals surface area (Å²) < 4.78 is 15.2. The number of rotatable bonds is 4. The van der Waals surface area contributed by atoms with E-state index in [1.54, 1.807) is 32.4 Å². The average molecular weight is 368 g/mol. The summed E-state index contributed by atoms with van der Waals surface area (Å²) in [6.45, 7) is 3.11. The van der Waals surface area contributed by atoms with Crippen LogP contribution < -0.4 is 11.1 Å². The molecule has 1 aromatic heterocycles. The van der Waals surface area contributed by atoms with Gasteiger partial charge in [0.25, 0.3) is 5.91 Å². The topological polar surface area (TPSA) is 71.2 Å². The first-order chi connectivity index (χ1) is 12.9. The van der Waals surface area contributed by atoms with Crippen LogP contribution >= 0.6 is 0 Å². The number of carbonyl (C=O) groups is 1. The first-order valence-corrected chi connectivity index (χ1v) is 9.43. The second-order valence-corrected chi connectivity index (χ2v) is 7.91. The Morgan fingerprint density at radius 2 is 2.22 bits per heavy atom. The smallest absolute Gasteiger partial charge is 0.258 e. The van der Waals surface area contributed by atoms with Gasteiger partial charge < -0.3 is 16.0 Å². The minimum atomic E-state index is -0.587. The Morgan fingerprint density at radius 3 is 2.93 bits per heavy atom. The van der Waals surface area contributed by atoms with Crippen LogP contribution in [0.15, 0.2) is 24.4 Å². The Balaban J connectivity index is 1.77. The molecule has 4 rings (SSSR count). The maximum Gasteiger partial charge on any atom is 0.258 e. The number of benzene rings is 1. The lowest BCUT2D eigenvalue weighted by molar-refractivity contribution is 0.0824. The minimum absolute atomic E-state index is 0.0823. The molecule has 1 spiro atoms. The molecule has 27 heavy (non-hydrogen) atoms. The fourth-order valence-corrected chi connectivity index (χ4v) is 4.38. The van der Waals surface area contributed by atoms with Crippen molar-refractivity contribution in [3.8, 4) is 11.1 Å². The molecule has 1 aliphatic heterocycles. The summed E-state index contributed by atoms with van der Waals surface area (Å²) in [6, 6.07) is 5.26. The van der Waals surface area contributed by atoms with Gasteiger partial charge in [0.15, 0.2) is 0 Å². The molecule has 2 aliphatic rings. The second-order valence-electron chi connectivity index (χ2n) is 7.91. The van der Waals surface area contributed by atoms with E-state index in [4.69, 9.17) is 5.73 Å². The van der Waals surface area contributed by atoms with Gasteiger partial charge in [0.1, 0.15) is 11.6 Å². The van der Waals surface area contributed by atoms with Crippen LogP contribution in [0.25, 0.3) is 11.1 Å². The van der Waals surface area contributed by atoms with Crippen molar-refractivity contribution < 1.29 is 9.18 Å². The van der Waals surface area contributed by atoms with Gasteiger partial charge in [-0.1, -0.05) is 13.3 Å². The summed E-state index contributed by atoms with van der Waals surface area (Å²) in [5, 5.41) is 3.40. The second kappa shape index (κ2) is 6.22. The van der Waals surface area contributed by atoms with Gasteiger partial charge in [-0.05, 0) is 37.0 Å². The maximum atomic E-state index is 15.2. The van der Waals surface area contributed by atoms with E-state index in [2.05, 4.69) is 17.2 Å². The number of hydrogen-bond donors (Lipinski definition) is 2. The molecule has 1 aromatic carbocycles. The van der Waals surface area contributed by atoms with Crippen molar-refractivity contribution in [1.82, 2.24) is 9.88 Å². The number of anilines is 2. The molecule has 1 fully saturated rings. The predicted octanol–water partition coefficient (Wildman–Crippen LogP) is 3.66. The highest BCUT2D eigenvalue weighted by atomic mass is 19.1. The monoisotopic (exact) mass is 368 g/mol. The van der Waals surface area contributed by atoms with Gasteiger partial charge in [-0.3, -0.25) is 4.79 Å². The third-order valence-electron chi connectivity index (χ3n) is 5.97. The number of nitrogens with zero attached hydrogens (tertiary/aromatic N) is 2. The zero-order valence-electron chi connectivity index (χ0n) is 16.0. The van der Waals surface area contributed by atoms with Gasteiger partial charge >= 0.3 is 0 Å². The number of pyridine rings is 1. The summed E-state index contributed by atoms with van der Waals surface area (Å²) in [5.41, 5.74) is 8.31. The van der Waals surface area contributed by atoms with Gasteiger partial charge in [-0.25, -0.2) is 9.37 Å². The van der Waals surface area contributed by atoms with Gasteiger partial charge in [0, 0.05) is 54.6 Å². The number of carbonyl (C=O) groups excluding carboxylic acids is 1. The first kappa shape index (κ1) is 17.8. The Hall–Kier alpha value is -2.63. The van der Waals surface area contributed by atoms with Crippen LogP contribution in [0.4, 0.5) is 15.9 Å². The number of halogens is 1. The van der Waals surface area contributed by atoms with Gasteiger partial charge in [0.05, 0.1) is 5.56 Å². The van der Waals surface area contributed by atoms with Gasteiger partial charge in [-0.15, -0.1) is 0 Å². The van der Waals surface area contributed by atoms with E-state index in [0.29, 0.717) is 17.0 Å². The summed E-state index contributed by atoms with van der Waals surface area (Å²) in [5.74, 6) is 0.536. The molecule has 2 heterocycles. The van der Waals surface area contributed by atoms with Crippen LogP contribution in [0, 0.1) is 11.7 Å². The maximum absolute atomic E-state index is 15.2. The summed E-state index contributed by atoms with van der Waals surface area (Å²) in [4.78, 5) is 18.2. The lowest BCUT2D eigenvalue weighted by Gasteiger charge is -2.16. The molecular formula is C21H25FN4O. The third-order valence-corrected chi connectivity index (χ3v) is 5.97. The number of amides is 1. The molecule has 0 saturated heterocycles. The van der Waals surface area contributed by atoms with Crippen molar-refractivity contribution in [2.45, 2.75) is 31.6 Å². The molecule has 1 amide bonds. The number of hydrogen-bond acceptors (Lipinski definition) is 4. The van der Waals surface area contributed by atoms with Crippen molar-refractivity contribution in [2.75, 3.05) is 31.7 Å². The SMILES string of the molecule is CCC[C@@H]1C[C@@]12CNc1ncc(-c3ccc(N)c(C(=O)N(C)C)c3F)cc12. The van der Waals surface area contributed by atoms with Crippen molar-refractivity contribution in [2.24, 2.45) is 5.92 Å². The Bertz CT molecular complexity index is 927. The molecule has 3 N–H and O–H groups in total. The van der Waals surface area contributed by atoms with E-state index in [9.17, 15) is 4.79 Å². The van der Waals surface area contributed by atoms with Crippen LogP contribution in [0.5, 0.6) is 0 Å². The molecule has 5 nitrogen and oxygen atoms in total. The molecule has 2 atom stereocenters. The van der Waals surface area contributed by atoms with Crippen molar-refractivity contribution in [1.29, 1.82) is 0 Å². The lowest BCUT2D eigenvalue weighted by Crippen LogP contribution is -2.24. The van der Waals surface area contributed by atoms with Crippen molar-refractivity contribution in [3.63, 3.8) is 0 Å². The highest BCUT2D eigenvalue weighted by molar-refractivity contribution is 6.00. The lowest BCUT2D eigenvalue weighted by atomic mass is 9.92. The number of fused-ring (bicyclic) bond motifs is 2. The van der Waals surface area contributed by atoms with E-state index in [1.165, 1.54) is 16.9 Å². The van der Waals surface area contributed by atoms with E-state index in [0.717, 1.165) is 25.2 Å². The van der Waals surface area contributed by atoms with Gasteiger partial charge in [0.2, 0.25) is 0 Å². The predicted molar refractivity (Wildman–Crippen MR) is 105 cm³/mol. The van der Waals surface area contributed by atoms with E-state index >= 15 is 4.39 Å². The number of nitrogens with one attached hydrogen (secondary N) is 1. The van der Waals surface area contributed by atoms with Crippen LogP contribution in [-0.2, 0) is 5.41 Å². The molecule has 0 bridgehead atoms. The Morgan fingerprint density at radius 1 is 1.44 bits per heavy atom. The Kier molecular flexibility index (Phi) is 4.09. The Labute approximate surface area is 158 Å². The van der Waals surface area contributed by atoms with E-state index in [1.807, 2.05) is 6.07 Å². The fraction of sp³-hybridized carbons (Fsp3) is 0.429. The van der Waals surface area contributed by atoms with Gasteiger partial charge in [-0.2, -0.15) is 0 Å². The summed E-state index contributed by atoms with van der Waals surface area (Å²) in [7, 11) is 3.17. The van der Waals surface area contributed by atoms with Crippen LogP contribution in [0.1, 0.15) is 42.1 Å². The molecule has 6 heteroatoms. The zero-order chi connectivity index (χ0) is 19.3. The summed E-state index contributed by atoms with van der Waals surface area (Å²) >= 11 is 0. The highest BCUT2D eigenvalue weighted by Crippen LogP contribution is 2.60. The molecule has 2 aromatic rings. The molecule has 1 aliphatic carbocycles. The molecule has 1 saturated carbocycles. The standard InChI is InChI=1S/C21H25FN4O/c1-4-5-13-9-21(13)11-25-19-15(21)8-12(10-24-19)14-6-7-16(23)17(18(14)22)20(27)26(2)3/h6-8,10,13H,4-5,9,11,23H2,1-3H3,(H,24,25)/t13-,21-/m1/s1. The van der Waals surface area contributed by atoms with Crippen LogP contribution in [0.3, 0.4) is 0 Å². The zero-order valence-corrected chi connectivity index (χ0v) is 16.0. The molecule has 0 unspecified atom stereocenters. The van der Waals surface area contributed by atoms with E-state index < -0.39 is 11.7 Å². The quantitative estimate of drug-likeness (QED) is 0.808. The first-order valence-electron chi connectivity index (χ1n) is 9.43. The third kappa shape index (κ3) is 2.66. The number of nitrogen functional groups attached to an aromatic ring is 1. The van der Waals surface area contributed by atoms with Crippen LogP contribution in [0.2, 0.25) is 0 Å². The number of nitrogens with two attached hydrogens (primary N) is 1. The summed E-state index contributed by atoms with van der Waals surface area (Å²) in [6.07, 6.45) is 5.18. The van der Waals surface area contributed by atoms with Crippen molar-refractivity contribution in [3.05, 3.63) is 41.3 Å². The minimum Gasteiger partial charge on any atom is -0.398 e. The number of aromatic nitrogens is 1. The van der Waals surface area contributed by atoms with Crippen LogP contribution in [-0.4, -0.2) is 36.4 Å².